The second-order valence-corrected chi connectivity index (χ2v) is 6.52. The van der Waals surface area contributed by atoms with E-state index in [4.69, 9.17) is 9.47 Å². The van der Waals surface area contributed by atoms with E-state index in [9.17, 15) is 5.11 Å². The van der Waals surface area contributed by atoms with E-state index in [1.165, 1.54) is 25.7 Å². The first-order valence-electron chi connectivity index (χ1n) is 7.67. The van der Waals surface area contributed by atoms with Crippen LogP contribution in [-0.4, -0.2) is 36.6 Å². The summed E-state index contributed by atoms with van der Waals surface area (Å²) < 4.78 is 11.4. The molecule has 3 heteroatoms. The van der Waals surface area contributed by atoms with E-state index >= 15 is 0 Å². The molecule has 1 spiro atoms. The summed E-state index contributed by atoms with van der Waals surface area (Å²) in [4.78, 5) is 0. The summed E-state index contributed by atoms with van der Waals surface area (Å²) in [6.45, 7) is 2.59. The molecule has 0 bridgehead atoms. The fraction of sp³-hybridized carbons (Fsp3) is 1.00. The van der Waals surface area contributed by atoms with Crippen LogP contribution in [0, 0.1) is 11.8 Å². The molecule has 1 aliphatic carbocycles. The number of ether oxygens (including phenoxy) is 2. The minimum absolute atomic E-state index is 0.135. The first kappa shape index (κ1) is 12.9. The summed E-state index contributed by atoms with van der Waals surface area (Å²) in [5.41, 5.74) is 0.135. The molecule has 104 valence electrons. The molecule has 2 saturated heterocycles. The number of aliphatic hydroxyl groups is 1. The SMILES string of the molecule is OC(CC1CCOC1)C1CCOC2(CCCC2)C1. The van der Waals surface area contributed by atoms with Gasteiger partial charge in [-0.2, -0.15) is 0 Å². The Hall–Kier alpha value is -0.120. The largest absolute Gasteiger partial charge is 0.393 e. The molecule has 0 aromatic heterocycles. The van der Waals surface area contributed by atoms with Crippen LogP contribution in [-0.2, 0) is 9.47 Å². The molecular weight excluding hydrogens is 228 g/mol. The summed E-state index contributed by atoms with van der Waals surface area (Å²) in [6.07, 6.45) is 9.08. The van der Waals surface area contributed by atoms with Gasteiger partial charge in [-0.3, -0.25) is 0 Å². The zero-order valence-electron chi connectivity index (χ0n) is 11.3. The monoisotopic (exact) mass is 254 g/mol. The average molecular weight is 254 g/mol. The van der Waals surface area contributed by atoms with Gasteiger partial charge < -0.3 is 14.6 Å². The van der Waals surface area contributed by atoms with Crippen LogP contribution < -0.4 is 0 Å². The third-order valence-electron chi connectivity index (χ3n) is 5.19. The van der Waals surface area contributed by atoms with Crippen LogP contribution in [0.15, 0.2) is 0 Å². The first-order chi connectivity index (χ1) is 8.77. The van der Waals surface area contributed by atoms with Crippen molar-refractivity contribution in [1.29, 1.82) is 0 Å². The number of hydrogen-bond donors (Lipinski definition) is 1. The minimum Gasteiger partial charge on any atom is -0.393 e. The maximum Gasteiger partial charge on any atom is 0.0686 e. The van der Waals surface area contributed by atoms with Crippen LogP contribution >= 0.6 is 0 Å². The Bertz CT molecular complexity index is 267. The van der Waals surface area contributed by atoms with E-state index in [-0.39, 0.29) is 11.7 Å². The molecule has 18 heavy (non-hydrogen) atoms. The minimum atomic E-state index is -0.141. The molecule has 2 aliphatic heterocycles. The molecule has 0 aromatic rings. The predicted octanol–water partition coefficient (Wildman–Crippen LogP) is 2.51. The first-order valence-corrected chi connectivity index (χ1v) is 7.67. The molecular formula is C15H26O3. The van der Waals surface area contributed by atoms with Gasteiger partial charge in [0.25, 0.3) is 0 Å². The molecule has 3 aliphatic rings. The molecule has 2 heterocycles. The Morgan fingerprint density at radius 3 is 2.72 bits per heavy atom. The lowest BCUT2D eigenvalue weighted by molar-refractivity contribution is -0.114. The number of aliphatic hydroxyl groups excluding tert-OH is 1. The topological polar surface area (TPSA) is 38.7 Å². The van der Waals surface area contributed by atoms with E-state index < -0.39 is 0 Å². The van der Waals surface area contributed by atoms with Crippen molar-refractivity contribution in [2.45, 2.75) is 63.1 Å². The molecule has 0 amide bonds. The Kier molecular flexibility index (Phi) is 3.92. The Balaban J connectivity index is 1.54. The smallest absolute Gasteiger partial charge is 0.0686 e. The maximum atomic E-state index is 10.5. The molecule has 3 unspecified atom stereocenters. The zero-order chi connectivity index (χ0) is 12.4. The Morgan fingerprint density at radius 1 is 1.17 bits per heavy atom. The fourth-order valence-electron chi connectivity index (χ4n) is 4.07. The van der Waals surface area contributed by atoms with Gasteiger partial charge in [-0.25, -0.2) is 0 Å². The van der Waals surface area contributed by atoms with Gasteiger partial charge in [0, 0.05) is 19.8 Å². The predicted molar refractivity (Wildman–Crippen MR) is 69.4 cm³/mol. The lowest BCUT2D eigenvalue weighted by Gasteiger charge is -2.40. The molecule has 3 atom stereocenters. The van der Waals surface area contributed by atoms with Crippen LogP contribution in [0.5, 0.6) is 0 Å². The van der Waals surface area contributed by atoms with Gasteiger partial charge in [0.15, 0.2) is 0 Å². The summed E-state index contributed by atoms with van der Waals surface area (Å²) in [5.74, 6) is 1.04. The van der Waals surface area contributed by atoms with Crippen LogP contribution in [0.3, 0.4) is 0 Å². The summed E-state index contributed by atoms with van der Waals surface area (Å²) in [6, 6.07) is 0. The van der Waals surface area contributed by atoms with Gasteiger partial charge in [0.2, 0.25) is 0 Å². The zero-order valence-corrected chi connectivity index (χ0v) is 11.3. The molecule has 3 fully saturated rings. The van der Waals surface area contributed by atoms with Gasteiger partial charge in [-0.1, -0.05) is 12.8 Å². The van der Waals surface area contributed by atoms with Crippen molar-refractivity contribution in [2.75, 3.05) is 19.8 Å². The summed E-state index contributed by atoms with van der Waals surface area (Å²) in [5, 5.41) is 10.5. The van der Waals surface area contributed by atoms with E-state index in [2.05, 4.69) is 0 Å². The standard InChI is InChI=1S/C15H26O3/c16-14(9-12-3-7-17-11-12)13-4-8-18-15(10-13)5-1-2-6-15/h12-14,16H,1-11H2. The van der Waals surface area contributed by atoms with Gasteiger partial charge in [0.05, 0.1) is 11.7 Å². The highest BCUT2D eigenvalue weighted by atomic mass is 16.5. The van der Waals surface area contributed by atoms with Crippen LogP contribution in [0.25, 0.3) is 0 Å². The molecule has 3 nitrogen and oxygen atoms in total. The third kappa shape index (κ3) is 2.73. The highest BCUT2D eigenvalue weighted by molar-refractivity contribution is 4.93. The average Bonchev–Trinajstić information content (AvgIpc) is 3.02. The van der Waals surface area contributed by atoms with Crippen molar-refractivity contribution in [1.82, 2.24) is 0 Å². The van der Waals surface area contributed by atoms with Crippen molar-refractivity contribution >= 4 is 0 Å². The van der Waals surface area contributed by atoms with Gasteiger partial charge >= 0.3 is 0 Å². The van der Waals surface area contributed by atoms with Crippen LogP contribution in [0.4, 0.5) is 0 Å². The van der Waals surface area contributed by atoms with E-state index in [0.29, 0.717) is 11.8 Å². The highest BCUT2D eigenvalue weighted by Gasteiger charge is 2.42. The lowest BCUT2D eigenvalue weighted by atomic mass is 9.79. The second-order valence-electron chi connectivity index (χ2n) is 6.52. The van der Waals surface area contributed by atoms with Crippen LogP contribution in [0.2, 0.25) is 0 Å². The molecule has 3 rings (SSSR count). The molecule has 1 N–H and O–H groups in total. The molecule has 0 aromatic carbocycles. The highest BCUT2D eigenvalue weighted by Crippen LogP contribution is 2.43. The van der Waals surface area contributed by atoms with E-state index in [0.717, 1.165) is 45.5 Å². The van der Waals surface area contributed by atoms with Gasteiger partial charge in [-0.05, 0) is 50.4 Å². The van der Waals surface area contributed by atoms with Crippen molar-refractivity contribution in [3.8, 4) is 0 Å². The van der Waals surface area contributed by atoms with Crippen LogP contribution in [0.1, 0.15) is 51.4 Å². The number of hydrogen-bond acceptors (Lipinski definition) is 3. The quantitative estimate of drug-likeness (QED) is 0.841. The van der Waals surface area contributed by atoms with Crippen molar-refractivity contribution < 1.29 is 14.6 Å². The van der Waals surface area contributed by atoms with Gasteiger partial charge in [0.1, 0.15) is 0 Å². The van der Waals surface area contributed by atoms with Crippen molar-refractivity contribution in [3.63, 3.8) is 0 Å². The van der Waals surface area contributed by atoms with E-state index in [1.807, 2.05) is 0 Å². The molecule has 1 saturated carbocycles. The Morgan fingerprint density at radius 2 is 2.00 bits per heavy atom. The fourth-order valence-corrected chi connectivity index (χ4v) is 4.07. The maximum absolute atomic E-state index is 10.5. The van der Waals surface area contributed by atoms with E-state index in [1.54, 1.807) is 0 Å². The number of rotatable bonds is 3. The van der Waals surface area contributed by atoms with Crippen molar-refractivity contribution in [2.24, 2.45) is 11.8 Å². The normalized spacial score (nSPS) is 37.2. The lowest BCUT2D eigenvalue weighted by Crippen LogP contribution is -2.41. The second kappa shape index (κ2) is 5.48. The summed E-state index contributed by atoms with van der Waals surface area (Å²) in [7, 11) is 0. The van der Waals surface area contributed by atoms with Gasteiger partial charge in [-0.15, -0.1) is 0 Å². The Labute approximate surface area is 110 Å². The third-order valence-corrected chi connectivity index (χ3v) is 5.19. The van der Waals surface area contributed by atoms with Crippen molar-refractivity contribution in [3.05, 3.63) is 0 Å². The molecule has 0 radical (unpaired) electrons. The summed E-state index contributed by atoms with van der Waals surface area (Å²) >= 11 is 0.